The fourth-order valence-electron chi connectivity index (χ4n) is 1.23. The minimum Gasteiger partial charge on any atom is -0.544 e. The summed E-state index contributed by atoms with van der Waals surface area (Å²) in [4.78, 5) is 0. The summed E-state index contributed by atoms with van der Waals surface area (Å²) in [5.74, 6) is 0.986. The van der Waals surface area contributed by atoms with Gasteiger partial charge >= 0.3 is 0 Å². The normalized spacial score (nSPS) is 12.0. The van der Waals surface area contributed by atoms with Crippen LogP contribution < -0.4 is 4.43 Å². The molecule has 0 bridgehead atoms. The molecule has 0 fully saturated rings. The van der Waals surface area contributed by atoms with Crippen molar-refractivity contribution in [1.82, 2.24) is 0 Å². The van der Waals surface area contributed by atoms with E-state index in [2.05, 4.69) is 37.8 Å². The molecule has 1 aromatic rings. The highest BCUT2D eigenvalue weighted by Gasteiger charge is 2.15. The molecule has 0 aliphatic heterocycles. The summed E-state index contributed by atoms with van der Waals surface area (Å²) in [6, 6.07) is 8.21. The van der Waals surface area contributed by atoms with Gasteiger partial charge in [0.05, 0.1) is 0 Å². The van der Waals surface area contributed by atoms with Gasteiger partial charge < -0.3 is 4.43 Å². The Bertz CT molecular complexity index is 323. The van der Waals surface area contributed by atoms with Crippen LogP contribution in [0, 0.1) is 0 Å². The standard InChI is InChI=1S/C12H18OSi/c1-5-7-11-8-6-9-12(10-11)13-14(2,3)4/h5-10H,1-4H3. The molecule has 14 heavy (non-hydrogen) atoms. The number of allylic oxidation sites excluding steroid dienone is 1. The van der Waals surface area contributed by atoms with E-state index in [-0.39, 0.29) is 0 Å². The molecule has 0 N–H and O–H groups in total. The fourth-order valence-corrected chi connectivity index (χ4v) is 2.06. The highest BCUT2D eigenvalue weighted by Crippen LogP contribution is 2.18. The molecule has 0 aromatic heterocycles. The van der Waals surface area contributed by atoms with Crippen molar-refractivity contribution in [3.05, 3.63) is 35.9 Å². The second-order valence-corrected chi connectivity index (χ2v) is 8.72. The highest BCUT2D eigenvalue weighted by atomic mass is 28.4. The van der Waals surface area contributed by atoms with Crippen molar-refractivity contribution in [2.45, 2.75) is 26.6 Å². The largest absolute Gasteiger partial charge is 0.544 e. The molecule has 0 aliphatic rings. The average Bonchev–Trinajstić information content (AvgIpc) is 2.02. The first-order chi connectivity index (χ1) is 6.51. The quantitative estimate of drug-likeness (QED) is 0.681. The lowest BCUT2D eigenvalue weighted by Crippen LogP contribution is -2.29. The summed E-state index contributed by atoms with van der Waals surface area (Å²) in [5.41, 5.74) is 1.20. The van der Waals surface area contributed by atoms with Crippen LogP contribution in [0.15, 0.2) is 30.3 Å². The fraction of sp³-hybridized carbons (Fsp3) is 0.333. The van der Waals surface area contributed by atoms with Crippen molar-refractivity contribution in [1.29, 1.82) is 0 Å². The van der Waals surface area contributed by atoms with Crippen molar-refractivity contribution in [3.8, 4) is 5.75 Å². The van der Waals surface area contributed by atoms with Gasteiger partial charge in [-0.25, -0.2) is 0 Å². The third kappa shape index (κ3) is 3.79. The van der Waals surface area contributed by atoms with Crippen molar-refractivity contribution < 1.29 is 4.43 Å². The predicted octanol–water partition coefficient (Wildman–Crippen LogP) is 3.93. The minimum absolute atomic E-state index is 0.986. The number of hydrogen-bond donors (Lipinski definition) is 0. The topological polar surface area (TPSA) is 9.23 Å². The Kier molecular flexibility index (Phi) is 3.53. The van der Waals surface area contributed by atoms with Crippen LogP contribution in [-0.2, 0) is 0 Å². The van der Waals surface area contributed by atoms with Gasteiger partial charge in [-0.05, 0) is 44.3 Å². The van der Waals surface area contributed by atoms with Gasteiger partial charge in [-0.3, -0.25) is 0 Å². The SMILES string of the molecule is CC=Cc1cccc(O[Si](C)(C)C)c1. The molecule has 0 aliphatic carbocycles. The van der Waals surface area contributed by atoms with E-state index in [9.17, 15) is 0 Å². The van der Waals surface area contributed by atoms with Crippen LogP contribution in [0.3, 0.4) is 0 Å². The summed E-state index contributed by atoms with van der Waals surface area (Å²) in [5, 5.41) is 0. The first-order valence-electron chi connectivity index (χ1n) is 4.93. The molecule has 1 aromatic carbocycles. The maximum Gasteiger partial charge on any atom is 0.242 e. The molecule has 0 unspecified atom stereocenters. The summed E-state index contributed by atoms with van der Waals surface area (Å²) in [6.07, 6.45) is 4.12. The molecule has 1 nitrogen and oxygen atoms in total. The van der Waals surface area contributed by atoms with E-state index >= 15 is 0 Å². The Morgan fingerprint density at radius 2 is 1.93 bits per heavy atom. The third-order valence-corrected chi connectivity index (χ3v) is 2.49. The molecule has 1 rings (SSSR count). The molecular formula is C12H18OSi. The van der Waals surface area contributed by atoms with Gasteiger partial charge in [0, 0.05) is 0 Å². The first kappa shape index (κ1) is 11.1. The maximum absolute atomic E-state index is 5.89. The van der Waals surface area contributed by atoms with Crippen LogP contribution in [0.25, 0.3) is 6.08 Å². The molecule has 0 radical (unpaired) electrons. The van der Waals surface area contributed by atoms with E-state index in [4.69, 9.17) is 4.43 Å². The van der Waals surface area contributed by atoms with E-state index < -0.39 is 8.32 Å². The van der Waals surface area contributed by atoms with E-state index in [1.165, 1.54) is 5.56 Å². The Balaban J connectivity index is 2.84. The molecule has 76 valence electrons. The number of benzene rings is 1. The summed E-state index contributed by atoms with van der Waals surface area (Å²) >= 11 is 0. The van der Waals surface area contributed by atoms with Crippen LogP contribution in [0.4, 0.5) is 0 Å². The first-order valence-corrected chi connectivity index (χ1v) is 8.34. The van der Waals surface area contributed by atoms with Gasteiger partial charge in [-0.15, -0.1) is 0 Å². The number of rotatable bonds is 3. The summed E-state index contributed by atoms with van der Waals surface area (Å²) in [6.45, 7) is 8.59. The molecule has 0 amide bonds. The van der Waals surface area contributed by atoms with E-state index in [1.54, 1.807) is 0 Å². The molecule has 0 atom stereocenters. The Labute approximate surface area is 87.5 Å². The van der Waals surface area contributed by atoms with Crippen LogP contribution >= 0.6 is 0 Å². The van der Waals surface area contributed by atoms with Crippen LogP contribution in [0.5, 0.6) is 5.75 Å². The highest BCUT2D eigenvalue weighted by molar-refractivity contribution is 6.70. The minimum atomic E-state index is -1.47. The lowest BCUT2D eigenvalue weighted by atomic mass is 10.2. The zero-order valence-corrected chi connectivity index (χ0v) is 10.4. The van der Waals surface area contributed by atoms with E-state index in [0.717, 1.165) is 5.75 Å². The van der Waals surface area contributed by atoms with Crippen molar-refractivity contribution in [2.75, 3.05) is 0 Å². The second-order valence-electron chi connectivity index (χ2n) is 4.29. The zero-order chi connectivity index (χ0) is 10.6. The van der Waals surface area contributed by atoms with Crippen molar-refractivity contribution >= 4 is 14.4 Å². The van der Waals surface area contributed by atoms with Gasteiger partial charge in [0.2, 0.25) is 8.32 Å². The van der Waals surface area contributed by atoms with E-state index in [1.807, 2.05) is 25.1 Å². The summed E-state index contributed by atoms with van der Waals surface area (Å²) < 4.78 is 5.89. The Morgan fingerprint density at radius 1 is 1.21 bits per heavy atom. The van der Waals surface area contributed by atoms with Gasteiger partial charge in [-0.2, -0.15) is 0 Å². The van der Waals surface area contributed by atoms with Gasteiger partial charge in [0.15, 0.2) is 0 Å². The Hall–Kier alpha value is -1.02. The smallest absolute Gasteiger partial charge is 0.242 e. The average molecular weight is 206 g/mol. The predicted molar refractivity (Wildman–Crippen MR) is 65.1 cm³/mol. The van der Waals surface area contributed by atoms with Gasteiger partial charge in [0.25, 0.3) is 0 Å². The molecule has 2 heteroatoms. The van der Waals surface area contributed by atoms with Crippen LogP contribution in [0.1, 0.15) is 12.5 Å². The number of hydrogen-bond acceptors (Lipinski definition) is 1. The van der Waals surface area contributed by atoms with E-state index in [0.29, 0.717) is 0 Å². The monoisotopic (exact) mass is 206 g/mol. The second kappa shape index (κ2) is 4.47. The van der Waals surface area contributed by atoms with Gasteiger partial charge in [0.1, 0.15) is 5.75 Å². The Morgan fingerprint density at radius 3 is 2.50 bits per heavy atom. The molecule has 0 saturated heterocycles. The molecule has 0 spiro atoms. The molecule has 0 saturated carbocycles. The lowest BCUT2D eigenvalue weighted by Gasteiger charge is -2.19. The maximum atomic E-state index is 5.89. The lowest BCUT2D eigenvalue weighted by molar-refractivity contribution is 0.557. The van der Waals surface area contributed by atoms with Crippen molar-refractivity contribution in [2.24, 2.45) is 0 Å². The molecule has 0 heterocycles. The molecular weight excluding hydrogens is 188 g/mol. The summed E-state index contributed by atoms with van der Waals surface area (Å²) in [7, 11) is -1.47. The van der Waals surface area contributed by atoms with Crippen LogP contribution in [0.2, 0.25) is 19.6 Å². The van der Waals surface area contributed by atoms with Gasteiger partial charge in [-0.1, -0.05) is 24.3 Å². The van der Waals surface area contributed by atoms with Crippen LogP contribution in [-0.4, -0.2) is 8.32 Å². The van der Waals surface area contributed by atoms with Crippen molar-refractivity contribution in [3.63, 3.8) is 0 Å². The third-order valence-electron chi connectivity index (χ3n) is 1.64. The zero-order valence-electron chi connectivity index (χ0n) is 9.37.